The number of benzene rings is 1. The van der Waals surface area contributed by atoms with Crippen LogP contribution in [0.1, 0.15) is 11.1 Å². The molecule has 3 rings (SSSR count). The van der Waals surface area contributed by atoms with Crippen molar-refractivity contribution in [1.29, 1.82) is 0 Å². The fourth-order valence-corrected chi connectivity index (χ4v) is 3.08. The Morgan fingerprint density at radius 1 is 1.27 bits per heavy atom. The highest BCUT2D eigenvalue weighted by atomic mass is 16.2. The van der Waals surface area contributed by atoms with Crippen molar-refractivity contribution in [3.8, 4) is 0 Å². The molecule has 1 N–H and O–H groups in total. The van der Waals surface area contributed by atoms with Crippen molar-refractivity contribution >= 4 is 17.6 Å². The number of aromatic nitrogens is 2. The lowest BCUT2D eigenvalue weighted by Crippen LogP contribution is -2.55. The molecule has 1 fully saturated rings. The summed E-state index contributed by atoms with van der Waals surface area (Å²) in [6, 6.07) is 8.55. The SMILES string of the molecule is CN=C(NCCc1ccc(C)cc1)N1CCN(c2cnn(C)c2)C(=O)C1. The Bertz CT molecular complexity index is 780. The molecule has 0 aliphatic carbocycles. The molecular formula is C19H26N6O. The van der Waals surface area contributed by atoms with Crippen molar-refractivity contribution in [2.45, 2.75) is 13.3 Å². The van der Waals surface area contributed by atoms with Gasteiger partial charge in [-0.1, -0.05) is 29.8 Å². The Hall–Kier alpha value is -2.83. The first-order valence-electron chi connectivity index (χ1n) is 8.87. The maximum atomic E-state index is 12.5. The molecule has 1 aliphatic heterocycles. The predicted octanol–water partition coefficient (Wildman–Crippen LogP) is 1.20. The first kappa shape index (κ1) is 18.0. The number of carbonyl (C=O) groups is 1. The first-order chi connectivity index (χ1) is 12.6. The van der Waals surface area contributed by atoms with Crippen molar-refractivity contribution in [3.05, 3.63) is 47.8 Å². The van der Waals surface area contributed by atoms with Crippen LogP contribution in [-0.2, 0) is 18.3 Å². The van der Waals surface area contributed by atoms with Crippen LogP contribution in [-0.4, -0.2) is 59.8 Å². The number of nitrogens with zero attached hydrogens (tertiary/aromatic N) is 5. The molecule has 0 saturated carbocycles. The lowest BCUT2D eigenvalue weighted by Gasteiger charge is -2.35. The van der Waals surface area contributed by atoms with E-state index in [4.69, 9.17) is 0 Å². The summed E-state index contributed by atoms with van der Waals surface area (Å²) in [5.41, 5.74) is 3.40. The zero-order valence-corrected chi connectivity index (χ0v) is 15.6. The minimum absolute atomic E-state index is 0.0609. The summed E-state index contributed by atoms with van der Waals surface area (Å²) in [7, 11) is 3.61. The third-order valence-corrected chi connectivity index (χ3v) is 4.55. The molecule has 138 valence electrons. The number of anilines is 1. The number of rotatable bonds is 4. The van der Waals surface area contributed by atoms with Crippen molar-refractivity contribution in [3.63, 3.8) is 0 Å². The molecule has 0 spiro atoms. The van der Waals surface area contributed by atoms with Gasteiger partial charge in [0.1, 0.15) is 6.54 Å². The zero-order valence-electron chi connectivity index (χ0n) is 15.6. The molecule has 7 heteroatoms. The average Bonchev–Trinajstić information content (AvgIpc) is 3.06. The third kappa shape index (κ3) is 4.22. The molecule has 0 atom stereocenters. The van der Waals surface area contributed by atoms with Crippen molar-refractivity contribution in [2.24, 2.45) is 12.0 Å². The summed E-state index contributed by atoms with van der Waals surface area (Å²) < 4.78 is 1.71. The van der Waals surface area contributed by atoms with Gasteiger partial charge >= 0.3 is 0 Å². The van der Waals surface area contributed by atoms with Crippen molar-refractivity contribution < 1.29 is 4.79 Å². The van der Waals surface area contributed by atoms with Crippen LogP contribution in [0.15, 0.2) is 41.7 Å². The molecular weight excluding hydrogens is 328 g/mol. The second-order valence-electron chi connectivity index (χ2n) is 6.55. The molecule has 1 saturated heterocycles. The van der Waals surface area contributed by atoms with Crippen LogP contribution < -0.4 is 10.2 Å². The number of guanidine groups is 1. The molecule has 26 heavy (non-hydrogen) atoms. The highest BCUT2D eigenvalue weighted by Crippen LogP contribution is 2.16. The molecule has 7 nitrogen and oxygen atoms in total. The molecule has 0 radical (unpaired) electrons. The number of hydrogen-bond acceptors (Lipinski definition) is 3. The molecule has 1 amide bonds. The number of piperazine rings is 1. The van der Waals surface area contributed by atoms with Gasteiger partial charge in [0.15, 0.2) is 5.96 Å². The van der Waals surface area contributed by atoms with E-state index >= 15 is 0 Å². The Kier molecular flexibility index (Phi) is 5.55. The second-order valence-corrected chi connectivity index (χ2v) is 6.55. The minimum Gasteiger partial charge on any atom is -0.356 e. The molecule has 0 bridgehead atoms. The second kappa shape index (κ2) is 8.03. The fourth-order valence-electron chi connectivity index (χ4n) is 3.08. The summed E-state index contributed by atoms with van der Waals surface area (Å²) in [6.45, 7) is 4.56. The van der Waals surface area contributed by atoms with Crippen LogP contribution in [0.25, 0.3) is 0 Å². The van der Waals surface area contributed by atoms with E-state index in [9.17, 15) is 4.79 Å². The topological polar surface area (TPSA) is 65.8 Å². The monoisotopic (exact) mass is 354 g/mol. The average molecular weight is 354 g/mol. The van der Waals surface area contributed by atoms with E-state index in [0.717, 1.165) is 31.2 Å². The molecule has 1 aromatic heterocycles. The summed E-state index contributed by atoms with van der Waals surface area (Å²) >= 11 is 0. The maximum Gasteiger partial charge on any atom is 0.246 e. The Morgan fingerprint density at radius 3 is 2.65 bits per heavy atom. The quantitative estimate of drug-likeness (QED) is 0.662. The van der Waals surface area contributed by atoms with Crippen LogP contribution in [0.5, 0.6) is 0 Å². The van der Waals surface area contributed by atoms with E-state index in [0.29, 0.717) is 13.1 Å². The number of aryl methyl sites for hydroxylation is 2. The van der Waals surface area contributed by atoms with Crippen LogP contribution in [0.4, 0.5) is 5.69 Å². The number of hydrogen-bond donors (Lipinski definition) is 1. The highest BCUT2D eigenvalue weighted by molar-refractivity contribution is 5.98. The summed E-state index contributed by atoms with van der Waals surface area (Å²) in [6.07, 6.45) is 4.51. The normalized spacial score (nSPS) is 15.5. The van der Waals surface area contributed by atoms with Gasteiger partial charge in [-0.15, -0.1) is 0 Å². The minimum atomic E-state index is 0.0609. The molecule has 0 unspecified atom stereocenters. The summed E-state index contributed by atoms with van der Waals surface area (Å²) in [5, 5.41) is 7.51. The van der Waals surface area contributed by atoms with Crippen LogP contribution >= 0.6 is 0 Å². The van der Waals surface area contributed by atoms with Gasteiger partial charge < -0.3 is 15.1 Å². The summed E-state index contributed by atoms with van der Waals surface area (Å²) in [4.78, 5) is 20.6. The number of nitrogens with one attached hydrogen (secondary N) is 1. The van der Waals surface area contributed by atoms with Gasteiger partial charge in [0.2, 0.25) is 5.91 Å². The van der Waals surface area contributed by atoms with Gasteiger partial charge in [0.25, 0.3) is 0 Å². The van der Waals surface area contributed by atoms with Gasteiger partial charge in [-0.05, 0) is 18.9 Å². The molecule has 2 aromatic rings. The molecule has 2 heterocycles. The molecule has 1 aromatic carbocycles. The van der Waals surface area contributed by atoms with Crippen LogP contribution in [0.2, 0.25) is 0 Å². The van der Waals surface area contributed by atoms with E-state index < -0.39 is 0 Å². The summed E-state index contributed by atoms with van der Waals surface area (Å²) in [5.74, 6) is 0.835. The van der Waals surface area contributed by atoms with Crippen LogP contribution in [0, 0.1) is 6.92 Å². The lowest BCUT2D eigenvalue weighted by molar-refractivity contribution is -0.120. The van der Waals surface area contributed by atoms with E-state index in [-0.39, 0.29) is 5.91 Å². The Balaban J connectivity index is 1.53. The van der Waals surface area contributed by atoms with E-state index in [1.165, 1.54) is 11.1 Å². The predicted molar refractivity (Wildman–Crippen MR) is 103 cm³/mol. The first-order valence-corrected chi connectivity index (χ1v) is 8.87. The lowest BCUT2D eigenvalue weighted by atomic mass is 10.1. The zero-order chi connectivity index (χ0) is 18.5. The van der Waals surface area contributed by atoms with Gasteiger partial charge in [-0.3, -0.25) is 14.5 Å². The molecule has 1 aliphatic rings. The highest BCUT2D eigenvalue weighted by Gasteiger charge is 2.27. The number of amides is 1. The van der Waals surface area contributed by atoms with E-state index in [1.54, 1.807) is 22.8 Å². The van der Waals surface area contributed by atoms with Gasteiger partial charge in [0.05, 0.1) is 11.9 Å². The Labute approximate surface area is 154 Å². The fraction of sp³-hybridized carbons (Fsp3) is 0.421. The van der Waals surface area contributed by atoms with Crippen molar-refractivity contribution in [1.82, 2.24) is 20.0 Å². The van der Waals surface area contributed by atoms with Gasteiger partial charge in [-0.25, -0.2) is 0 Å². The number of carbonyl (C=O) groups excluding carboxylic acids is 1. The van der Waals surface area contributed by atoms with Crippen molar-refractivity contribution in [2.75, 3.05) is 38.1 Å². The third-order valence-electron chi connectivity index (χ3n) is 4.55. The number of aliphatic imine (C=N–C) groups is 1. The van der Waals surface area contributed by atoms with Gasteiger partial charge in [0, 0.05) is 39.9 Å². The van der Waals surface area contributed by atoms with Gasteiger partial charge in [-0.2, -0.15) is 5.10 Å². The van der Waals surface area contributed by atoms with E-state index in [2.05, 4.69) is 46.6 Å². The van der Waals surface area contributed by atoms with Crippen LogP contribution in [0.3, 0.4) is 0 Å². The largest absolute Gasteiger partial charge is 0.356 e. The Morgan fingerprint density at radius 2 is 2.04 bits per heavy atom. The standard InChI is InChI=1S/C19H26N6O/c1-15-4-6-16(7-5-15)8-9-21-19(20-2)24-10-11-25(18(26)14-24)17-12-22-23(3)13-17/h4-7,12-13H,8-11,14H2,1-3H3,(H,20,21). The maximum absolute atomic E-state index is 12.5. The smallest absolute Gasteiger partial charge is 0.246 e. The van der Waals surface area contributed by atoms with E-state index in [1.807, 2.05) is 18.1 Å².